The van der Waals surface area contributed by atoms with Crippen molar-refractivity contribution in [2.24, 2.45) is 5.92 Å². The summed E-state index contributed by atoms with van der Waals surface area (Å²) in [7, 11) is 0. The fourth-order valence-electron chi connectivity index (χ4n) is 3.46. The Kier molecular flexibility index (Phi) is 5.37. The van der Waals surface area contributed by atoms with Gasteiger partial charge in [0.05, 0.1) is 5.92 Å². The van der Waals surface area contributed by atoms with E-state index in [1.54, 1.807) is 0 Å². The lowest BCUT2D eigenvalue weighted by Crippen LogP contribution is -2.39. The molecule has 130 valence electrons. The number of hydrogen-bond donors (Lipinski definition) is 0. The number of cyclic esters (lactones) is 1. The summed E-state index contributed by atoms with van der Waals surface area (Å²) in [4.78, 5) is 12.2. The van der Waals surface area contributed by atoms with Gasteiger partial charge in [-0.2, -0.15) is 0 Å². The molecule has 3 rings (SSSR count). The maximum atomic E-state index is 12.2. The third-order valence-electron chi connectivity index (χ3n) is 5.05. The molecule has 1 aliphatic rings. The maximum absolute atomic E-state index is 12.2. The molecule has 0 aromatic heterocycles. The summed E-state index contributed by atoms with van der Waals surface area (Å²) in [6.07, 6.45) is 10.4. The summed E-state index contributed by atoms with van der Waals surface area (Å²) in [5.41, 5.74) is 0.794. The molecule has 0 radical (unpaired) electrons. The molecule has 2 atom stereocenters. The highest BCUT2D eigenvalue weighted by molar-refractivity contribution is 5.84. The lowest BCUT2D eigenvalue weighted by Gasteiger charge is -2.36. The minimum absolute atomic E-state index is 0.0375. The molecule has 2 nitrogen and oxygen atoms in total. The highest BCUT2D eigenvalue weighted by Gasteiger charge is 2.36. The number of rotatable bonds is 6. The minimum Gasteiger partial charge on any atom is -0.459 e. The van der Waals surface area contributed by atoms with Crippen LogP contribution in [0.2, 0.25) is 0 Å². The Morgan fingerprint density at radius 3 is 2.80 bits per heavy atom. The number of allylic oxidation sites excluding steroid dienone is 1. The van der Waals surface area contributed by atoms with Crippen LogP contribution in [0.25, 0.3) is 16.8 Å². The molecule has 0 saturated carbocycles. The fraction of sp³-hybridized carbons (Fsp3) is 0.348. The van der Waals surface area contributed by atoms with Crippen molar-refractivity contribution in [1.29, 1.82) is 0 Å². The second-order valence-electron chi connectivity index (χ2n) is 7.19. The molecule has 0 aliphatic carbocycles. The number of esters is 1. The number of fused-ring (bicyclic) bond motifs is 1. The van der Waals surface area contributed by atoms with Gasteiger partial charge >= 0.3 is 5.97 Å². The van der Waals surface area contributed by atoms with Gasteiger partial charge < -0.3 is 4.74 Å². The molecule has 0 amide bonds. The molecule has 0 spiro atoms. The van der Waals surface area contributed by atoms with Gasteiger partial charge in [0.25, 0.3) is 0 Å². The van der Waals surface area contributed by atoms with E-state index in [-0.39, 0.29) is 17.5 Å². The van der Waals surface area contributed by atoms with Crippen LogP contribution in [-0.2, 0) is 9.53 Å². The Labute approximate surface area is 150 Å². The molecule has 1 heterocycles. The summed E-state index contributed by atoms with van der Waals surface area (Å²) in [5, 5.41) is 2.49. The standard InChI is InChI=1S/C23H26O2/c1-3-4-9-20-14-16-23(2,25-22(20)24)15-7-8-18-12-13-19-10-5-6-11-21(19)17-18/h3,5-8,10-13,17,20H,1,4,9,14-16H2,2H3/b8-7+/t20-,23+/m0/s1. The van der Waals surface area contributed by atoms with Crippen LogP contribution in [0, 0.1) is 5.92 Å². The first-order valence-corrected chi connectivity index (χ1v) is 9.09. The lowest BCUT2D eigenvalue weighted by molar-refractivity contribution is -0.172. The molecule has 0 bridgehead atoms. The third kappa shape index (κ3) is 4.39. The van der Waals surface area contributed by atoms with Crippen molar-refractivity contribution in [1.82, 2.24) is 0 Å². The third-order valence-corrected chi connectivity index (χ3v) is 5.05. The Morgan fingerprint density at radius 2 is 2.04 bits per heavy atom. The first-order chi connectivity index (χ1) is 12.1. The molecule has 2 heteroatoms. The zero-order valence-corrected chi connectivity index (χ0v) is 14.9. The first-order valence-electron chi connectivity index (χ1n) is 9.09. The smallest absolute Gasteiger partial charge is 0.309 e. The van der Waals surface area contributed by atoms with Crippen molar-refractivity contribution in [2.75, 3.05) is 0 Å². The van der Waals surface area contributed by atoms with E-state index in [1.807, 2.05) is 13.0 Å². The molecule has 2 aromatic carbocycles. The van der Waals surface area contributed by atoms with E-state index in [9.17, 15) is 4.79 Å². The van der Waals surface area contributed by atoms with Gasteiger partial charge in [-0.05, 0) is 55.0 Å². The number of benzene rings is 2. The summed E-state index contributed by atoms with van der Waals surface area (Å²) >= 11 is 0. The summed E-state index contributed by atoms with van der Waals surface area (Å²) < 4.78 is 5.77. The van der Waals surface area contributed by atoms with Crippen molar-refractivity contribution in [2.45, 2.75) is 44.6 Å². The number of carbonyl (C=O) groups excluding carboxylic acids is 1. The summed E-state index contributed by atoms with van der Waals surface area (Å²) in [5.74, 6) is -0.00903. The van der Waals surface area contributed by atoms with Gasteiger partial charge in [0, 0.05) is 6.42 Å². The van der Waals surface area contributed by atoms with Gasteiger partial charge in [0.1, 0.15) is 5.60 Å². The van der Waals surface area contributed by atoms with Crippen molar-refractivity contribution in [3.05, 3.63) is 66.8 Å². The van der Waals surface area contributed by atoms with E-state index in [1.165, 1.54) is 16.3 Å². The van der Waals surface area contributed by atoms with Crippen molar-refractivity contribution >= 4 is 22.8 Å². The number of hydrogen-bond acceptors (Lipinski definition) is 2. The maximum Gasteiger partial charge on any atom is 0.309 e. The van der Waals surface area contributed by atoms with Crippen LogP contribution in [-0.4, -0.2) is 11.6 Å². The SMILES string of the molecule is C=CCC[C@H]1CC[C@@](C)(C/C=C/c2ccc3ccccc3c2)OC1=O. The van der Waals surface area contributed by atoms with Gasteiger partial charge in [0.15, 0.2) is 0 Å². The quantitative estimate of drug-likeness (QED) is 0.484. The molecule has 0 N–H and O–H groups in total. The second kappa shape index (κ2) is 7.69. The molecule has 25 heavy (non-hydrogen) atoms. The van der Waals surface area contributed by atoms with Crippen molar-refractivity contribution in [3.63, 3.8) is 0 Å². The van der Waals surface area contributed by atoms with E-state index in [2.05, 4.69) is 61.2 Å². The monoisotopic (exact) mass is 334 g/mol. The van der Waals surface area contributed by atoms with Crippen molar-refractivity contribution in [3.8, 4) is 0 Å². The van der Waals surface area contributed by atoms with E-state index in [0.29, 0.717) is 0 Å². The molecular formula is C23H26O2. The van der Waals surface area contributed by atoms with E-state index >= 15 is 0 Å². The minimum atomic E-state index is -0.380. The predicted octanol–water partition coefficient (Wildman–Crippen LogP) is 5.92. The van der Waals surface area contributed by atoms with Crippen molar-refractivity contribution < 1.29 is 9.53 Å². The second-order valence-corrected chi connectivity index (χ2v) is 7.19. The van der Waals surface area contributed by atoms with E-state index < -0.39 is 0 Å². The largest absolute Gasteiger partial charge is 0.459 e. The molecule has 1 fully saturated rings. The van der Waals surface area contributed by atoms with Crippen LogP contribution in [0.4, 0.5) is 0 Å². The van der Waals surface area contributed by atoms with Crippen LogP contribution in [0.3, 0.4) is 0 Å². The number of carbonyl (C=O) groups is 1. The summed E-state index contributed by atoms with van der Waals surface area (Å²) in [6.45, 7) is 5.77. The normalized spacial score (nSPS) is 23.7. The average Bonchev–Trinajstić information content (AvgIpc) is 2.61. The molecule has 0 unspecified atom stereocenters. The molecule has 1 aliphatic heterocycles. The van der Waals surface area contributed by atoms with Crippen LogP contribution >= 0.6 is 0 Å². The fourth-order valence-corrected chi connectivity index (χ4v) is 3.46. The van der Waals surface area contributed by atoms with Gasteiger partial charge in [-0.15, -0.1) is 6.58 Å². The Morgan fingerprint density at radius 1 is 1.24 bits per heavy atom. The highest BCUT2D eigenvalue weighted by Crippen LogP contribution is 2.34. The molecule has 1 saturated heterocycles. The van der Waals surface area contributed by atoms with Gasteiger partial charge in [-0.3, -0.25) is 4.79 Å². The zero-order valence-electron chi connectivity index (χ0n) is 14.9. The van der Waals surface area contributed by atoms with Crippen LogP contribution in [0.1, 0.15) is 44.6 Å². The first kappa shape index (κ1) is 17.5. The Bertz CT molecular complexity index is 790. The average molecular weight is 334 g/mol. The van der Waals surface area contributed by atoms with Gasteiger partial charge in [-0.1, -0.05) is 54.6 Å². The van der Waals surface area contributed by atoms with Gasteiger partial charge in [0.2, 0.25) is 0 Å². The Hall–Kier alpha value is -2.35. The topological polar surface area (TPSA) is 26.3 Å². The molecular weight excluding hydrogens is 308 g/mol. The zero-order chi connectivity index (χ0) is 17.7. The predicted molar refractivity (Wildman–Crippen MR) is 104 cm³/mol. The van der Waals surface area contributed by atoms with E-state index in [4.69, 9.17) is 4.74 Å². The highest BCUT2D eigenvalue weighted by atomic mass is 16.6. The molecule has 2 aromatic rings. The van der Waals surface area contributed by atoms with Crippen LogP contribution in [0.5, 0.6) is 0 Å². The van der Waals surface area contributed by atoms with Crippen LogP contribution < -0.4 is 0 Å². The Balaban J connectivity index is 1.61. The number of ether oxygens (including phenoxy) is 1. The van der Waals surface area contributed by atoms with Crippen LogP contribution in [0.15, 0.2) is 61.2 Å². The summed E-state index contributed by atoms with van der Waals surface area (Å²) in [6, 6.07) is 14.8. The lowest BCUT2D eigenvalue weighted by atomic mass is 9.85. The van der Waals surface area contributed by atoms with Gasteiger partial charge in [-0.25, -0.2) is 0 Å². The van der Waals surface area contributed by atoms with E-state index in [0.717, 1.165) is 32.1 Å².